The van der Waals surface area contributed by atoms with Crippen LogP contribution < -0.4 is 5.56 Å². The van der Waals surface area contributed by atoms with E-state index in [9.17, 15) is 4.79 Å². The number of nitrogens with zero attached hydrogens (tertiary/aromatic N) is 5. The zero-order valence-electron chi connectivity index (χ0n) is 16.7. The maximum Gasteiger partial charge on any atom is 0.255 e. The molecule has 150 valence electrons. The van der Waals surface area contributed by atoms with Crippen molar-refractivity contribution in [3.05, 3.63) is 93.9 Å². The van der Waals surface area contributed by atoms with E-state index in [0.717, 1.165) is 47.7 Å². The van der Waals surface area contributed by atoms with Gasteiger partial charge in [0, 0.05) is 55.8 Å². The van der Waals surface area contributed by atoms with Gasteiger partial charge in [0.1, 0.15) is 5.82 Å². The molecule has 0 fully saturated rings. The minimum atomic E-state index is -0.0692. The molecule has 1 aliphatic heterocycles. The summed E-state index contributed by atoms with van der Waals surface area (Å²) in [6.07, 6.45) is 6.25. The van der Waals surface area contributed by atoms with Crippen molar-refractivity contribution in [1.82, 2.24) is 29.6 Å². The summed E-state index contributed by atoms with van der Waals surface area (Å²) in [5, 5.41) is 4.66. The molecule has 0 saturated heterocycles. The number of para-hydroxylation sites is 1. The maximum atomic E-state index is 12.8. The summed E-state index contributed by atoms with van der Waals surface area (Å²) in [5.74, 6) is 0.584. The SMILES string of the molecule is Cc1nn(-c2ccccc2)cc1CN1CCc2nc(-c3cccnc3)[nH]c(=O)c2C1. The molecule has 0 bridgehead atoms. The van der Waals surface area contributed by atoms with Gasteiger partial charge in [0.25, 0.3) is 5.56 Å². The molecule has 30 heavy (non-hydrogen) atoms. The first kappa shape index (κ1) is 18.4. The number of hydrogen-bond donors (Lipinski definition) is 1. The minimum absolute atomic E-state index is 0.0692. The molecular weight excluding hydrogens is 376 g/mol. The van der Waals surface area contributed by atoms with Crippen LogP contribution in [0.3, 0.4) is 0 Å². The van der Waals surface area contributed by atoms with Gasteiger partial charge < -0.3 is 4.98 Å². The molecule has 0 unspecified atom stereocenters. The van der Waals surface area contributed by atoms with Crippen LogP contribution in [0.4, 0.5) is 0 Å². The molecule has 1 N–H and O–H groups in total. The molecule has 4 aromatic rings. The van der Waals surface area contributed by atoms with Crippen molar-refractivity contribution >= 4 is 0 Å². The summed E-state index contributed by atoms with van der Waals surface area (Å²) in [7, 11) is 0. The molecule has 1 aliphatic rings. The normalized spacial score (nSPS) is 13.9. The lowest BCUT2D eigenvalue weighted by atomic mass is 10.1. The number of benzene rings is 1. The van der Waals surface area contributed by atoms with Gasteiger partial charge in [0.05, 0.1) is 22.6 Å². The van der Waals surface area contributed by atoms with Crippen molar-refractivity contribution in [2.45, 2.75) is 26.4 Å². The zero-order chi connectivity index (χ0) is 20.5. The number of pyridine rings is 1. The van der Waals surface area contributed by atoms with Gasteiger partial charge in [-0.05, 0) is 31.2 Å². The van der Waals surface area contributed by atoms with Crippen molar-refractivity contribution in [3.63, 3.8) is 0 Å². The topological polar surface area (TPSA) is 79.7 Å². The smallest absolute Gasteiger partial charge is 0.255 e. The number of H-pyrrole nitrogens is 1. The van der Waals surface area contributed by atoms with E-state index in [1.807, 2.05) is 54.1 Å². The Morgan fingerprint density at radius 3 is 2.80 bits per heavy atom. The fourth-order valence-corrected chi connectivity index (χ4v) is 3.86. The average Bonchev–Trinajstić information content (AvgIpc) is 3.15. The summed E-state index contributed by atoms with van der Waals surface area (Å²) in [6.45, 7) is 4.22. The lowest BCUT2D eigenvalue weighted by Gasteiger charge is -2.27. The van der Waals surface area contributed by atoms with Crippen molar-refractivity contribution in [2.75, 3.05) is 6.54 Å². The third-order valence-electron chi connectivity index (χ3n) is 5.50. The molecule has 1 aromatic carbocycles. The summed E-state index contributed by atoms with van der Waals surface area (Å²) in [5.41, 5.74) is 5.60. The third kappa shape index (κ3) is 3.55. The van der Waals surface area contributed by atoms with E-state index in [1.165, 1.54) is 5.56 Å². The predicted octanol–water partition coefficient (Wildman–Crippen LogP) is 2.88. The Bertz CT molecular complexity index is 1230. The first-order valence-corrected chi connectivity index (χ1v) is 10.0. The van der Waals surface area contributed by atoms with E-state index in [0.29, 0.717) is 12.4 Å². The number of nitrogens with one attached hydrogen (secondary N) is 1. The molecule has 0 atom stereocenters. The van der Waals surface area contributed by atoms with E-state index in [2.05, 4.69) is 26.2 Å². The molecule has 7 heteroatoms. The Morgan fingerprint density at radius 2 is 2.00 bits per heavy atom. The number of rotatable bonds is 4. The Hall–Kier alpha value is -3.58. The van der Waals surface area contributed by atoms with Gasteiger partial charge >= 0.3 is 0 Å². The van der Waals surface area contributed by atoms with Gasteiger partial charge in [-0.15, -0.1) is 0 Å². The Balaban J connectivity index is 1.37. The highest BCUT2D eigenvalue weighted by Gasteiger charge is 2.22. The maximum absolute atomic E-state index is 12.8. The summed E-state index contributed by atoms with van der Waals surface area (Å²) < 4.78 is 1.91. The largest absolute Gasteiger partial charge is 0.306 e. The highest BCUT2D eigenvalue weighted by molar-refractivity contribution is 5.53. The van der Waals surface area contributed by atoms with Gasteiger partial charge in [-0.1, -0.05) is 18.2 Å². The first-order valence-electron chi connectivity index (χ1n) is 10.0. The summed E-state index contributed by atoms with van der Waals surface area (Å²) >= 11 is 0. The molecule has 7 nitrogen and oxygen atoms in total. The summed E-state index contributed by atoms with van der Waals surface area (Å²) in [4.78, 5) is 26.8. The molecule has 0 radical (unpaired) electrons. The van der Waals surface area contributed by atoms with Gasteiger partial charge in [-0.3, -0.25) is 14.7 Å². The molecule has 0 saturated carbocycles. The average molecular weight is 398 g/mol. The van der Waals surface area contributed by atoms with E-state index >= 15 is 0 Å². The number of aromatic amines is 1. The van der Waals surface area contributed by atoms with E-state index < -0.39 is 0 Å². The number of fused-ring (bicyclic) bond motifs is 1. The Kier molecular flexibility index (Phi) is 4.72. The lowest BCUT2D eigenvalue weighted by molar-refractivity contribution is 0.241. The van der Waals surface area contributed by atoms with Crippen LogP contribution in [-0.2, 0) is 19.5 Å². The molecule has 5 rings (SSSR count). The van der Waals surface area contributed by atoms with Crippen molar-refractivity contribution in [3.8, 4) is 17.1 Å². The van der Waals surface area contributed by atoms with E-state index in [4.69, 9.17) is 4.98 Å². The highest BCUT2D eigenvalue weighted by atomic mass is 16.1. The zero-order valence-corrected chi connectivity index (χ0v) is 16.7. The Labute approximate surface area is 174 Å². The molecule has 3 aromatic heterocycles. The van der Waals surface area contributed by atoms with Crippen LogP contribution in [-0.4, -0.2) is 36.2 Å². The molecule has 4 heterocycles. The van der Waals surface area contributed by atoms with Crippen LogP contribution in [0.25, 0.3) is 17.1 Å². The second-order valence-corrected chi connectivity index (χ2v) is 7.56. The van der Waals surface area contributed by atoms with Crippen LogP contribution in [0.1, 0.15) is 22.5 Å². The van der Waals surface area contributed by atoms with Crippen LogP contribution in [0, 0.1) is 6.92 Å². The van der Waals surface area contributed by atoms with Crippen molar-refractivity contribution < 1.29 is 0 Å². The molecule has 0 amide bonds. The molecule has 0 aliphatic carbocycles. The highest BCUT2D eigenvalue weighted by Crippen LogP contribution is 2.21. The van der Waals surface area contributed by atoms with Gasteiger partial charge in [-0.25, -0.2) is 9.67 Å². The van der Waals surface area contributed by atoms with Crippen LogP contribution >= 0.6 is 0 Å². The second kappa shape index (κ2) is 7.68. The predicted molar refractivity (Wildman–Crippen MR) is 114 cm³/mol. The van der Waals surface area contributed by atoms with Crippen LogP contribution in [0.5, 0.6) is 0 Å². The monoisotopic (exact) mass is 398 g/mol. The minimum Gasteiger partial charge on any atom is -0.306 e. The van der Waals surface area contributed by atoms with Crippen LogP contribution in [0.2, 0.25) is 0 Å². The van der Waals surface area contributed by atoms with Gasteiger partial charge in [0.15, 0.2) is 0 Å². The standard InChI is InChI=1S/C23H22N6O/c1-16-18(14-29(27-16)19-7-3-2-4-8-19)13-28-11-9-21-20(15-28)23(30)26-22(25-21)17-6-5-10-24-12-17/h2-8,10,12,14H,9,11,13,15H2,1H3,(H,25,26,30). The summed E-state index contributed by atoms with van der Waals surface area (Å²) in [6, 6.07) is 13.8. The quantitative estimate of drug-likeness (QED) is 0.572. The van der Waals surface area contributed by atoms with Gasteiger partial charge in [-0.2, -0.15) is 5.10 Å². The van der Waals surface area contributed by atoms with Crippen molar-refractivity contribution in [1.29, 1.82) is 0 Å². The number of aromatic nitrogens is 5. The van der Waals surface area contributed by atoms with Crippen LogP contribution in [0.15, 0.2) is 65.8 Å². The Morgan fingerprint density at radius 1 is 1.13 bits per heavy atom. The molecule has 0 spiro atoms. The van der Waals surface area contributed by atoms with Gasteiger partial charge in [0.2, 0.25) is 0 Å². The number of aryl methyl sites for hydroxylation is 1. The third-order valence-corrected chi connectivity index (χ3v) is 5.50. The van der Waals surface area contributed by atoms with Crippen molar-refractivity contribution in [2.24, 2.45) is 0 Å². The first-order chi connectivity index (χ1) is 14.7. The number of hydrogen-bond acceptors (Lipinski definition) is 5. The second-order valence-electron chi connectivity index (χ2n) is 7.56. The lowest BCUT2D eigenvalue weighted by Crippen LogP contribution is -2.35. The fourth-order valence-electron chi connectivity index (χ4n) is 3.86. The van der Waals surface area contributed by atoms with E-state index in [1.54, 1.807) is 12.4 Å². The fraction of sp³-hybridized carbons (Fsp3) is 0.217. The molecular formula is C23H22N6O. The van der Waals surface area contributed by atoms with E-state index in [-0.39, 0.29) is 5.56 Å².